The van der Waals surface area contributed by atoms with Gasteiger partial charge in [-0.2, -0.15) is 0 Å². The maximum Gasteiger partial charge on any atom is 0.314 e. The Kier molecular flexibility index (Phi) is 6.49. The Hall–Kier alpha value is -2.14. The summed E-state index contributed by atoms with van der Waals surface area (Å²) >= 11 is 7.07. The number of aromatic amines is 2. The van der Waals surface area contributed by atoms with Gasteiger partial charge in [0.1, 0.15) is 0 Å². The molecule has 0 bridgehead atoms. The molecule has 2 aromatic carbocycles. The van der Waals surface area contributed by atoms with Crippen LogP contribution in [0.15, 0.2) is 30.7 Å². The summed E-state index contributed by atoms with van der Waals surface area (Å²) in [6, 6.07) is 3.75. The number of nitrogens with zero attached hydrogens (tertiary/aromatic N) is 2. The number of likely N-dealkylation sites (N-methyl/N-ethyl adjacent to an activating group) is 2. The highest BCUT2D eigenvalue weighted by Gasteiger charge is 2.20. The van der Waals surface area contributed by atoms with Crippen LogP contribution in [0.4, 0.5) is 11.4 Å². The second-order valence-corrected chi connectivity index (χ2v) is 10.1. The molecule has 32 heavy (non-hydrogen) atoms. The van der Waals surface area contributed by atoms with E-state index >= 15 is 0 Å². The van der Waals surface area contributed by atoms with Gasteiger partial charge in [-0.3, -0.25) is 9.59 Å². The molecule has 5 rings (SSSR count). The number of fused-ring (bicyclic) bond motifs is 4. The minimum absolute atomic E-state index is 0.592. The zero-order chi connectivity index (χ0) is 23.2. The molecule has 0 aliphatic carbocycles. The fourth-order valence-corrected chi connectivity index (χ4v) is 5.53. The molecule has 6 N–H and O–H groups in total. The van der Waals surface area contributed by atoms with Gasteiger partial charge in [-0.05, 0) is 61.3 Å². The van der Waals surface area contributed by atoms with Gasteiger partial charge in [0.2, 0.25) is 0 Å². The van der Waals surface area contributed by atoms with Gasteiger partial charge in [0.25, 0.3) is 0 Å². The van der Waals surface area contributed by atoms with Gasteiger partial charge in [-0.1, -0.05) is 31.9 Å². The lowest BCUT2D eigenvalue weighted by Crippen LogP contribution is -2.31. The fourth-order valence-electron chi connectivity index (χ4n) is 4.32. The van der Waals surface area contributed by atoms with E-state index in [-0.39, 0.29) is 0 Å². The lowest BCUT2D eigenvalue weighted by Gasteiger charge is -2.27. The molecule has 0 saturated heterocycles. The molecule has 0 fully saturated rings. The third kappa shape index (κ3) is 4.36. The largest absolute Gasteiger partial charge is 0.397 e. The zero-order valence-electron chi connectivity index (χ0n) is 18.0. The minimum atomic E-state index is -0.609. The van der Waals surface area contributed by atoms with Crippen molar-refractivity contribution in [3.8, 4) is 0 Å². The first-order chi connectivity index (χ1) is 15.2. The molecule has 170 valence electrons. The highest BCUT2D eigenvalue weighted by atomic mass is 79.9. The average molecular weight is 566 g/mol. The summed E-state index contributed by atoms with van der Waals surface area (Å²) < 4.78 is 2.05. The summed E-state index contributed by atoms with van der Waals surface area (Å²) in [5, 5.41) is 0. The topological polar surface area (TPSA) is 124 Å². The number of nitrogens with one attached hydrogen (secondary N) is 2. The van der Waals surface area contributed by atoms with Crippen LogP contribution in [0.25, 0.3) is 11.0 Å². The number of H-pyrrole nitrogens is 2. The third-order valence-electron chi connectivity index (χ3n) is 6.10. The second kappa shape index (κ2) is 9.01. The highest BCUT2D eigenvalue weighted by molar-refractivity contribution is 9.10. The SMILES string of the molecule is CN1CCc2c(N)c(N)cc(Br)c2C1.CN1CCc2c(c(Br)cc3[nH]c(=O)c(=O)[nH]c23)C1. The molecule has 0 saturated carbocycles. The van der Waals surface area contributed by atoms with Crippen molar-refractivity contribution in [1.29, 1.82) is 0 Å². The van der Waals surface area contributed by atoms with Crippen molar-refractivity contribution >= 4 is 54.3 Å². The van der Waals surface area contributed by atoms with Gasteiger partial charge in [0, 0.05) is 35.1 Å². The molecule has 3 heterocycles. The maximum atomic E-state index is 11.4. The van der Waals surface area contributed by atoms with E-state index in [2.05, 4.69) is 65.7 Å². The van der Waals surface area contributed by atoms with Crippen molar-refractivity contribution in [1.82, 2.24) is 19.8 Å². The molecule has 2 aliphatic heterocycles. The standard InChI is InChI=1S/C12H12BrN3O2.C10H14BrN3/c1-16-3-2-6-7(5-16)8(13)4-9-10(6)15-12(18)11(17)14-9;1-14-3-2-6-7(5-14)8(11)4-9(12)10(6)13/h4H,2-3,5H2,1H3,(H,14,17)(H,15,18);4H,2-3,5,12-13H2,1H3. The Labute approximate surface area is 202 Å². The average Bonchev–Trinajstić information content (AvgIpc) is 2.74. The van der Waals surface area contributed by atoms with Crippen molar-refractivity contribution in [2.24, 2.45) is 0 Å². The van der Waals surface area contributed by atoms with Gasteiger partial charge in [-0.25, -0.2) is 0 Å². The number of halogens is 2. The molecule has 0 unspecified atom stereocenters. The summed E-state index contributed by atoms with van der Waals surface area (Å²) in [5.74, 6) is 0. The molecule has 10 heteroatoms. The van der Waals surface area contributed by atoms with E-state index in [1.807, 2.05) is 12.1 Å². The van der Waals surface area contributed by atoms with Crippen LogP contribution in [-0.4, -0.2) is 47.0 Å². The lowest BCUT2D eigenvalue weighted by atomic mass is 9.97. The smallest absolute Gasteiger partial charge is 0.314 e. The summed E-state index contributed by atoms with van der Waals surface area (Å²) in [6.45, 7) is 3.78. The number of benzene rings is 2. The molecule has 3 aromatic rings. The molecule has 0 amide bonds. The zero-order valence-corrected chi connectivity index (χ0v) is 21.2. The molecule has 0 atom stereocenters. The van der Waals surface area contributed by atoms with Crippen molar-refractivity contribution < 1.29 is 0 Å². The van der Waals surface area contributed by atoms with Gasteiger partial charge >= 0.3 is 11.1 Å². The summed E-state index contributed by atoms with van der Waals surface area (Å²) in [5.41, 5.74) is 18.2. The van der Waals surface area contributed by atoms with Crippen LogP contribution in [0.1, 0.15) is 22.3 Å². The molecular weight excluding hydrogens is 540 g/mol. The Balaban J connectivity index is 0.000000158. The van der Waals surface area contributed by atoms with E-state index in [0.29, 0.717) is 11.2 Å². The predicted octanol–water partition coefficient (Wildman–Crippen LogP) is 2.57. The predicted molar refractivity (Wildman–Crippen MR) is 136 cm³/mol. The first kappa shape index (κ1) is 23.0. The van der Waals surface area contributed by atoms with Crippen LogP contribution in [-0.2, 0) is 25.9 Å². The van der Waals surface area contributed by atoms with E-state index in [1.54, 1.807) is 0 Å². The van der Waals surface area contributed by atoms with Gasteiger partial charge in [0.15, 0.2) is 0 Å². The molecular formula is C22H26Br2N6O2. The molecule has 1 aromatic heterocycles. The van der Waals surface area contributed by atoms with E-state index in [9.17, 15) is 9.59 Å². The Morgan fingerprint density at radius 1 is 0.812 bits per heavy atom. The lowest BCUT2D eigenvalue weighted by molar-refractivity contribution is 0.312. The van der Waals surface area contributed by atoms with Crippen LogP contribution in [0.2, 0.25) is 0 Å². The van der Waals surface area contributed by atoms with Crippen molar-refractivity contribution in [3.05, 3.63) is 64.0 Å². The molecule has 0 spiro atoms. The third-order valence-corrected chi connectivity index (χ3v) is 7.52. The van der Waals surface area contributed by atoms with Gasteiger partial charge < -0.3 is 31.2 Å². The van der Waals surface area contributed by atoms with Crippen LogP contribution in [0.5, 0.6) is 0 Å². The van der Waals surface area contributed by atoms with E-state index in [4.69, 9.17) is 11.5 Å². The number of nitrogens with two attached hydrogens (primary N) is 2. The maximum absolute atomic E-state index is 11.4. The summed E-state index contributed by atoms with van der Waals surface area (Å²) in [6.07, 6.45) is 1.85. The Morgan fingerprint density at radius 3 is 2.00 bits per heavy atom. The second-order valence-electron chi connectivity index (χ2n) is 8.44. The monoisotopic (exact) mass is 564 g/mol. The summed E-state index contributed by atoms with van der Waals surface area (Å²) in [4.78, 5) is 32.6. The first-order valence-electron chi connectivity index (χ1n) is 10.3. The number of anilines is 2. The number of aromatic nitrogens is 2. The highest BCUT2D eigenvalue weighted by Crippen LogP contribution is 2.34. The first-order valence-corrected chi connectivity index (χ1v) is 11.9. The van der Waals surface area contributed by atoms with E-state index < -0.39 is 11.1 Å². The van der Waals surface area contributed by atoms with Crippen LogP contribution in [0.3, 0.4) is 0 Å². The van der Waals surface area contributed by atoms with Crippen LogP contribution < -0.4 is 22.6 Å². The molecule has 0 radical (unpaired) electrons. The molecule has 2 aliphatic rings. The van der Waals surface area contributed by atoms with E-state index in [1.165, 1.54) is 16.7 Å². The number of hydrogen-bond acceptors (Lipinski definition) is 6. The number of hydrogen-bond donors (Lipinski definition) is 4. The Bertz CT molecular complexity index is 1320. The Morgan fingerprint density at radius 2 is 1.34 bits per heavy atom. The van der Waals surface area contributed by atoms with Gasteiger partial charge in [0.05, 0.1) is 22.4 Å². The van der Waals surface area contributed by atoms with E-state index in [0.717, 1.165) is 64.7 Å². The van der Waals surface area contributed by atoms with Crippen LogP contribution in [0, 0.1) is 0 Å². The normalized spacial score (nSPS) is 16.2. The van der Waals surface area contributed by atoms with Crippen molar-refractivity contribution in [2.75, 3.05) is 38.7 Å². The quantitative estimate of drug-likeness (QED) is 0.245. The van der Waals surface area contributed by atoms with Gasteiger partial charge in [-0.15, -0.1) is 0 Å². The summed E-state index contributed by atoms with van der Waals surface area (Å²) in [7, 11) is 4.18. The fraction of sp³-hybridized carbons (Fsp3) is 0.364. The van der Waals surface area contributed by atoms with Crippen molar-refractivity contribution in [2.45, 2.75) is 25.9 Å². The minimum Gasteiger partial charge on any atom is -0.397 e. The molecule has 8 nitrogen and oxygen atoms in total. The van der Waals surface area contributed by atoms with Crippen LogP contribution >= 0.6 is 31.9 Å². The number of rotatable bonds is 0. The number of nitrogen functional groups attached to an aromatic ring is 2. The van der Waals surface area contributed by atoms with Crippen molar-refractivity contribution in [3.63, 3.8) is 0 Å².